The first-order valence-corrected chi connectivity index (χ1v) is 12.4. The first-order chi connectivity index (χ1) is 15.2. The predicted molar refractivity (Wildman–Crippen MR) is 141 cm³/mol. The molecule has 4 aromatic carbocycles. The summed E-state index contributed by atoms with van der Waals surface area (Å²) in [7, 11) is 0. The maximum atomic E-state index is 3.58. The van der Waals surface area contributed by atoms with Crippen molar-refractivity contribution in [2.45, 2.75) is 0 Å². The van der Waals surface area contributed by atoms with Gasteiger partial charge in [0.25, 0.3) is 0 Å². The molecule has 0 saturated heterocycles. The summed E-state index contributed by atoms with van der Waals surface area (Å²) < 4.78 is 2.18. The van der Waals surface area contributed by atoms with Crippen LogP contribution in [-0.2, 0) is 0 Å². The van der Waals surface area contributed by atoms with E-state index in [0.717, 1.165) is 8.95 Å². The number of hydrogen-bond donors (Lipinski definition) is 0. The van der Waals surface area contributed by atoms with Crippen molar-refractivity contribution in [3.8, 4) is 43.1 Å². The third kappa shape index (κ3) is 4.18. The number of thiophene rings is 1. The van der Waals surface area contributed by atoms with Gasteiger partial charge in [0.1, 0.15) is 0 Å². The molecule has 1 heterocycles. The van der Waals surface area contributed by atoms with E-state index in [-0.39, 0.29) is 0 Å². The van der Waals surface area contributed by atoms with Crippen LogP contribution in [0.15, 0.2) is 118 Å². The van der Waals surface area contributed by atoms with E-state index < -0.39 is 0 Å². The zero-order valence-corrected chi connectivity index (χ0v) is 20.5. The molecule has 0 spiro atoms. The van der Waals surface area contributed by atoms with Crippen LogP contribution in [0.3, 0.4) is 0 Å². The number of halogens is 2. The number of benzene rings is 4. The summed E-state index contributed by atoms with van der Waals surface area (Å²) in [5, 5.41) is 0. The van der Waals surface area contributed by atoms with E-state index in [1.54, 1.807) is 0 Å². The third-order valence-electron chi connectivity index (χ3n) is 5.25. The van der Waals surface area contributed by atoms with Crippen molar-refractivity contribution in [1.82, 2.24) is 0 Å². The molecule has 0 fully saturated rings. The summed E-state index contributed by atoms with van der Waals surface area (Å²) in [6, 6.07) is 38.7. The van der Waals surface area contributed by atoms with Gasteiger partial charge in [0.15, 0.2) is 0 Å². The van der Waals surface area contributed by atoms with Gasteiger partial charge in [-0.05, 0) is 46.5 Å². The highest BCUT2D eigenvalue weighted by Crippen LogP contribution is 2.52. The summed E-state index contributed by atoms with van der Waals surface area (Å²) >= 11 is 9.02. The van der Waals surface area contributed by atoms with Gasteiger partial charge in [0.05, 0.1) is 0 Å². The quantitative estimate of drug-likeness (QED) is 0.211. The number of hydrogen-bond acceptors (Lipinski definition) is 1. The summed E-state index contributed by atoms with van der Waals surface area (Å²) in [4.78, 5) is 2.57. The second kappa shape index (κ2) is 8.96. The van der Waals surface area contributed by atoms with Gasteiger partial charge in [0.2, 0.25) is 0 Å². The SMILES string of the molecule is Brc1ccc(-c2sc(-c3ccc(Br)cc3)c(-c3ccccc3)c2-c2ccccc2)cc1. The molecule has 0 aliphatic carbocycles. The van der Waals surface area contributed by atoms with Crippen LogP contribution >= 0.6 is 43.2 Å². The van der Waals surface area contributed by atoms with Gasteiger partial charge >= 0.3 is 0 Å². The van der Waals surface area contributed by atoms with E-state index in [9.17, 15) is 0 Å². The second-order valence-corrected chi connectivity index (χ2v) is 10.1. The van der Waals surface area contributed by atoms with Gasteiger partial charge in [-0.2, -0.15) is 0 Å². The Hall–Kier alpha value is -2.46. The lowest BCUT2D eigenvalue weighted by molar-refractivity contribution is 1.60. The minimum absolute atomic E-state index is 1.09. The van der Waals surface area contributed by atoms with Crippen LogP contribution in [0, 0.1) is 0 Å². The van der Waals surface area contributed by atoms with Crippen molar-refractivity contribution in [2.24, 2.45) is 0 Å². The maximum Gasteiger partial charge on any atom is 0.0434 e. The van der Waals surface area contributed by atoms with Crippen molar-refractivity contribution in [1.29, 1.82) is 0 Å². The Morgan fingerprint density at radius 1 is 0.387 bits per heavy atom. The molecule has 3 heteroatoms. The van der Waals surface area contributed by atoms with Gasteiger partial charge in [-0.15, -0.1) is 11.3 Å². The Kier molecular flexibility index (Phi) is 5.91. The normalized spacial score (nSPS) is 10.9. The van der Waals surface area contributed by atoms with E-state index in [2.05, 4.69) is 141 Å². The van der Waals surface area contributed by atoms with Crippen molar-refractivity contribution in [3.05, 3.63) is 118 Å². The molecule has 0 saturated carbocycles. The maximum absolute atomic E-state index is 3.58. The lowest BCUT2D eigenvalue weighted by Gasteiger charge is -2.11. The molecular weight excluding hydrogens is 528 g/mol. The fourth-order valence-electron chi connectivity index (χ4n) is 3.80. The summed E-state index contributed by atoms with van der Waals surface area (Å²) in [5.74, 6) is 0. The monoisotopic (exact) mass is 544 g/mol. The molecule has 0 radical (unpaired) electrons. The minimum atomic E-state index is 1.09. The van der Waals surface area contributed by atoms with Crippen molar-refractivity contribution in [3.63, 3.8) is 0 Å². The molecule has 31 heavy (non-hydrogen) atoms. The second-order valence-electron chi connectivity index (χ2n) is 7.26. The zero-order valence-electron chi connectivity index (χ0n) is 16.6. The van der Waals surface area contributed by atoms with Crippen LogP contribution in [0.2, 0.25) is 0 Å². The molecule has 5 aromatic rings. The van der Waals surface area contributed by atoms with Crippen LogP contribution in [0.1, 0.15) is 0 Å². The Balaban J connectivity index is 1.87. The van der Waals surface area contributed by atoms with Crippen LogP contribution in [0.25, 0.3) is 43.1 Å². The van der Waals surface area contributed by atoms with E-state index in [1.807, 2.05) is 11.3 Å². The average Bonchev–Trinajstić information content (AvgIpc) is 3.22. The lowest BCUT2D eigenvalue weighted by atomic mass is 9.91. The molecule has 0 nitrogen and oxygen atoms in total. The molecule has 0 bridgehead atoms. The van der Waals surface area contributed by atoms with E-state index >= 15 is 0 Å². The highest BCUT2D eigenvalue weighted by molar-refractivity contribution is 9.10. The lowest BCUT2D eigenvalue weighted by Crippen LogP contribution is -1.85. The van der Waals surface area contributed by atoms with Crippen LogP contribution in [0.4, 0.5) is 0 Å². The van der Waals surface area contributed by atoms with E-state index in [0.29, 0.717) is 0 Å². The Bertz CT molecular complexity index is 1200. The zero-order chi connectivity index (χ0) is 21.2. The molecular formula is C28H18Br2S. The number of rotatable bonds is 4. The fourth-order valence-corrected chi connectivity index (χ4v) is 5.69. The van der Waals surface area contributed by atoms with Gasteiger partial charge in [0, 0.05) is 29.8 Å². The Morgan fingerprint density at radius 2 is 0.742 bits per heavy atom. The average molecular weight is 546 g/mol. The topological polar surface area (TPSA) is 0 Å². The van der Waals surface area contributed by atoms with Crippen LogP contribution in [-0.4, -0.2) is 0 Å². The summed E-state index contributed by atoms with van der Waals surface area (Å²) in [6.45, 7) is 0. The van der Waals surface area contributed by atoms with Crippen LogP contribution in [0.5, 0.6) is 0 Å². The predicted octanol–water partition coefficient (Wildman–Crippen LogP) is 9.94. The summed E-state index contributed by atoms with van der Waals surface area (Å²) in [5.41, 5.74) is 7.51. The fraction of sp³-hybridized carbons (Fsp3) is 0. The van der Waals surface area contributed by atoms with Gasteiger partial charge in [-0.3, -0.25) is 0 Å². The van der Waals surface area contributed by atoms with E-state index in [1.165, 1.54) is 43.1 Å². The van der Waals surface area contributed by atoms with Crippen molar-refractivity contribution >= 4 is 43.2 Å². The summed E-state index contributed by atoms with van der Waals surface area (Å²) in [6.07, 6.45) is 0. The Morgan fingerprint density at radius 3 is 1.10 bits per heavy atom. The molecule has 150 valence electrons. The molecule has 5 rings (SSSR count). The molecule has 0 amide bonds. The van der Waals surface area contributed by atoms with Crippen LogP contribution < -0.4 is 0 Å². The molecule has 0 unspecified atom stereocenters. The smallest absolute Gasteiger partial charge is 0.0434 e. The van der Waals surface area contributed by atoms with Crippen molar-refractivity contribution in [2.75, 3.05) is 0 Å². The largest absolute Gasteiger partial charge is 0.134 e. The van der Waals surface area contributed by atoms with Gasteiger partial charge < -0.3 is 0 Å². The molecule has 1 aromatic heterocycles. The highest BCUT2D eigenvalue weighted by Gasteiger charge is 2.22. The van der Waals surface area contributed by atoms with Crippen molar-refractivity contribution < 1.29 is 0 Å². The highest BCUT2D eigenvalue weighted by atomic mass is 79.9. The molecule has 0 atom stereocenters. The minimum Gasteiger partial charge on any atom is -0.134 e. The van der Waals surface area contributed by atoms with Gasteiger partial charge in [-0.1, -0.05) is 117 Å². The standard InChI is InChI=1S/C28H18Br2S/c29-23-15-11-21(12-16-23)27-25(19-7-3-1-4-8-19)26(20-9-5-2-6-10-20)28(31-27)22-13-17-24(30)18-14-22/h1-18H. The first-order valence-electron chi connectivity index (χ1n) is 10.0. The molecule has 0 aliphatic rings. The Labute approximate surface area is 203 Å². The third-order valence-corrected chi connectivity index (χ3v) is 7.59. The first kappa shape index (κ1) is 20.4. The molecule has 0 N–H and O–H groups in total. The van der Waals surface area contributed by atoms with Gasteiger partial charge in [-0.25, -0.2) is 0 Å². The van der Waals surface area contributed by atoms with E-state index in [4.69, 9.17) is 0 Å². The molecule has 0 aliphatic heterocycles.